The zero-order valence-corrected chi connectivity index (χ0v) is 6.32. The molecule has 12 heavy (non-hydrogen) atoms. The van der Waals surface area contributed by atoms with Crippen molar-refractivity contribution in [3.05, 3.63) is 6.92 Å². The summed E-state index contributed by atoms with van der Waals surface area (Å²) in [7, 11) is 0. The van der Waals surface area contributed by atoms with E-state index in [9.17, 15) is 22.0 Å². The summed E-state index contributed by atoms with van der Waals surface area (Å²) in [5.74, 6) is 0. The van der Waals surface area contributed by atoms with Crippen LogP contribution in [0.25, 0.3) is 0 Å². The normalized spacial score (nSPS) is 19.2. The van der Waals surface area contributed by atoms with Gasteiger partial charge < -0.3 is 0 Å². The predicted molar refractivity (Wildman–Crippen MR) is 35.3 cm³/mol. The first-order valence-electron chi connectivity index (χ1n) is 3.48. The lowest BCUT2D eigenvalue weighted by atomic mass is 10.1. The Hall–Kier alpha value is -0.350. The molecule has 3 atom stereocenters. The van der Waals surface area contributed by atoms with Crippen molar-refractivity contribution in [2.45, 2.75) is 37.8 Å². The van der Waals surface area contributed by atoms with Crippen LogP contribution < -0.4 is 0 Å². The van der Waals surface area contributed by atoms with Crippen LogP contribution in [0.5, 0.6) is 0 Å². The van der Waals surface area contributed by atoms with Gasteiger partial charge in [0, 0.05) is 6.42 Å². The van der Waals surface area contributed by atoms with Crippen LogP contribution in [0.3, 0.4) is 0 Å². The van der Waals surface area contributed by atoms with Gasteiger partial charge >= 0.3 is 0 Å². The maximum absolute atomic E-state index is 12.4. The van der Waals surface area contributed by atoms with Gasteiger partial charge in [-0.15, -0.1) is 0 Å². The fourth-order valence-corrected chi connectivity index (χ4v) is 0.650. The van der Waals surface area contributed by atoms with Crippen LogP contribution in [0.15, 0.2) is 0 Å². The number of hydrogen-bond donors (Lipinski definition) is 0. The molecule has 0 aromatic heterocycles. The summed E-state index contributed by atoms with van der Waals surface area (Å²) in [5.41, 5.74) is 0. The highest BCUT2D eigenvalue weighted by Gasteiger charge is 2.31. The number of alkyl halides is 5. The van der Waals surface area contributed by atoms with Crippen molar-refractivity contribution < 1.29 is 22.0 Å². The lowest BCUT2D eigenvalue weighted by Gasteiger charge is -2.13. The van der Waals surface area contributed by atoms with E-state index < -0.39 is 31.4 Å². The first-order chi connectivity index (χ1) is 5.49. The average molecular weight is 189 g/mol. The zero-order chi connectivity index (χ0) is 9.72. The van der Waals surface area contributed by atoms with Crippen LogP contribution in [0.1, 0.15) is 12.8 Å². The summed E-state index contributed by atoms with van der Waals surface area (Å²) in [6.45, 7) is 3.09. The molecule has 0 aromatic rings. The van der Waals surface area contributed by atoms with Crippen molar-refractivity contribution in [2.75, 3.05) is 0 Å². The van der Waals surface area contributed by atoms with Gasteiger partial charge in [0.1, 0.15) is 12.3 Å². The monoisotopic (exact) mass is 189 g/mol. The van der Waals surface area contributed by atoms with Gasteiger partial charge in [0.05, 0.1) is 0 Å². The van der Waals surface area contributed by atoms with Gasteiger partial charge in [-0.05, 0) is 6.42 Å². The van der Waals surface area contributed by atoms with Crippen LogP contribution >= 0.6 is 0 Å². The van der Waals surface area contributed by atoms with Crippen LogP contribution in [0.2, 0.25) is 0 Å². The first kappa shape index (κ1) is 11.6. The van der Waals surface area contributed by atoms with Gasteiger partial charge in [0.25, 0.3) is 6.43 Å². The third-order valence-electron chi connectivity index (χ3n) is 1.38. The highest BCUT2D eigenvalue weighted by atomic mass is 19.3. The third kappa shape index (κ3) is 3.88. The molecule has 73 valence electrons. The fraction of sp³-hybridized carbons (Fsp3) is 0.857. The molecule has 0 saturated carbocycles. The van der Waals surface area contributed by atoms with E-state index in [1.165, 1.54) is 0 Å². The molecule has 0 aliphatic carbocycles. The van der Waals surface area contributed by atoms with E-state index in [4.69, 9.17) is 0 Å². The smallest absolute Gasteiger partial charge is 0.247 e. The van der Waals surface area contributed by atoms with Gasteiger partial charge in [0.15, 0.2) is 6.17 Å². The highest BCUT2D eigenvalue weighted by Crippen LogP contribution is 2.19. The Morgan fingerprint density at radius 3 is 1.83 bits per heavy atom. The van der Waals surface area contributed by atoms with E-state index in [0.29, 0.717) is 0 Å². The summed E-state index contributed by atoms with van der Waals surface area (Å²) >= 11 is 0. The molecule has 0 aliphatic heterocycles. The van der Waals surface area contributed by atoms with E-state index in [1.54, 1.807) is 0 Å². The third-order valence-corrected chi connectivity index (χ3v) is 1.38. The maximum atomic E-state index is 12.4. The molecule has 0 rings (SSSR count). The number of halogens is 5. The number of rotatable bonds is 5. The maximum Gasteiger partial charge on any atom is 0.272 e. The summed E-state index contributed by atoms with van der Waals surface area (Å²) < 4.78 is 59.7. The second kappa shape index (κ2) is 5.32. The molecule has 2 unspecified atom stereocenters. The lowest BCUT2D eigenvalue weighted by Crippen LogP contribution is -2.27. The highest BCUT2D eigenvalue weighted by molar-refractivity contribution is 4.74. The van der Waals surface area contributed by atoms with Crippen molar-refractivity contribution >= 4 is 0 Å². The zero-order valence-electron chi connectivity index (χ0n) is 6.32. The molecule has 0 N–H and O–H groups in total. The molecular formula is C7H10F5. The Kier molecular flexibility index (Phi) is 5.17. The molecule has 0 amide bonds. The average Bonchev–Trinajstić information content (AvgIpc) is 2.02. The van der Waals surface area contributed by atoms with E-state index >= 15 is 0 Å². The molecule has 0 bridgehead atoms. The summed E-state index contributed by atoms with van der Waals surface area (Å²) in [6, 6.07) is 0. The molecule has 0 aromatic carbocycles. The molecule has 0 fully saturated rings. The van der Waals surface area contributed by atoms with E-state index in [-0.39, 0.29) is 6.42 Å². The van der Waals surface area contributed by atoms with Crippen LogP contribution in [-0.2, 0) is 0 Å². The summed E-state index contributed by atoms with van der Waals surface area (Å²) in [5, 5.41) is 0. The van der Waals surface area contributed by atoms with E-state index in [1.807, 2.05) is 0 Å². The molecule has 0 heterocycles. The Morgan fingerprint density at radius 2 is 1.50 bits per heavy atom. The minimum atomic E-state index is -3.39. The largest absolute Gasteiger partial charge is 0.272 e. The van der Waals surface area contributed by atoms with Gasteiger partial charge in [-0.25, -0.2) is 22.0 Å². The molecule has 0 spiro atoms. The van der Waals surface area contributed by atoms with Crippen molar-refractivity contribution in [1.29, 1.82) is 0 Å². The Labute approximate surface area is 67.8 Å². The van der Waals surface area contributed by atoms with Gasteiger partial charge in [-0.1, -0.05) is 6.92 Å². The summed E-state index contributed by atoms with van der Waals surface area (Å²) in [4.78, 5) is 0. The lowest BCUT2D eigenvalue weighted by molar-refractivity contribution is -0.00545. The molecule has 0 saturated heterocycles. The van der Waals surface area contributed by atoms with Crippen molar-refractivity contribution in [3.8, 4) is 0 Å². The van der Waals surface area contributed by atoms with E-state index in [0.717, 1.165) is 0 Å². The molecule has 5 heteroatoms. The first-order valence-corrected chi connectivity index (χ1v) is 3.48. The van der Waals surface area contributed by atoms with Crippen LogP contribution in [-0.4, -0.2) is 24.9 Å². The molecule has 0 aliphatic rings. The van der Waals surface area contributed by atoms with E-state index in [2.05, 4.69) is 6.92 Å². The van der Waals surface area contributed by atoms with Crippen LogP contribution in [0.4, 0.5) is 22.0 Å². The molecule has 0 nitrogen and oxygen atoms in total. The minimum absolute atomic E-state index is 0.240. The second-order valence-electron chi connectivity index (χ2n) is 2.42. The Morgan fingerprint density at radius 1 is 1.00 bits per heavy atom. The minimum Gasteiger partial charge on any atom is -0.247 e. The van der Waals surface area contributed by atoms with Gasteiger partial charge in [-0.2, -0.15) is 0 Å². The predicted octanol–water partition coefficient (Wildman–Crippen LogP) is 2.88. The Balaban J connectivity index is 3.78. The number of hydrogen-bond acceptors (Lipinski definition) is 0. The summed E-state index contributed by atoms with van der Waals surface area (Å²) in [6.07, 6.45) is -11.5. The van der Waals surface area contributed by atoms with Gasteiger partial charge in [-0.3, -0.25) is 0 Å². The van der Waals surface area contributed by atoms with Crippen LogP contribution in [0, 0.1) is 6.92 Å². The molecule has 1 radical (unpaired) electrons. The fourth-order valence-electron chi connectivity index (χ4n) is 0.650. The van der Waals surface area contributed by atoms with Crippen molar-refractivity contribution in [2.24, 2.45) is 0 Å². The van der Waals surface area contributed by atoms with Gasteiger partial charge in [0.2, 0.25) is 0 Å². The second-order valence-corrected chi connectivity index (χ2v) is 2.42. The Bertz CT molecular complexity index is 116. The molecular weight excluding hydrogens is 179 g/mol. The SMILES string of the molecule is [CH2]CC(F)CC(F)[C@H](F)C(F)F. The van der Waals surface area contributed by atoms with Crippen molar-refractivity contribution in [1.82, 2.24) is 0 Å². The van der Waals surface area contributed by atoms with Crippen molar-refractivity contribution in [3.63, 3.8) is 0 Å². The standard InChI is InChI=1S/C7H10F5/c1-2-4(8)3-5(9)6(10)7(11)12/h4-7H,1-3H2/t4?,5?,6-/m0/s1. The topological polar surface area (TPSA) is 0 Å². The quantitative estimate of drug-likeness (QED) is 0.583.